The molecule has 0 N–H and O–H groups in total. The fraction of sp³-hybridized carbons (Fsp3) is 0.125. The van der Waals surface area contributed by atoms with Crippen molar-refractivity contribution >= 4 is 11.5 Å². The average molecular weight is 396 g/mol. The van der Waals surface area contributed by atoms with E-state index in [9.17, 15) is 0 Å². The molecule has 0 fully saturated rings. The molecule has 0 bridgehead atoms. The van der Waals surface area contributed by atoms with Gasteiger partial charge < -0.3 is 14.4 Å². The van der Waals surface area contributed by atoms with Crippen LogP contribution in [0.15, 0.2) is 91.6 Å². The number of para-hydroxylation sites is 2. The lowest BCUT2D eigenvalue weighted by Crippen LogP contribution is -2.29. The molecule has 3 aromatic heterocycles. The minimum atomic E-state index is -0.355. The van der Waals surface area contributed by atoms with Crippen LogP contribution in [0.3, 0.4) is 0 Å². The maximum Gasteiger partial charge on any atom is 0.176 e. The molecule has 148 valence electrons. The second-order valence-corrected chi connectivity index (χ2v) is 6.86. The Hall–Kier alpha value is -3.93. The predicted molar refractivity (Wildman–Crippen MR) is 114 cm³/mol. The van der Waals surface area contributed by atoms with E-state index < -0.39 is 0 Å². The third-order valence-electron chi connectivity index (χ3n) is 4.95. The van der Waals surface area contributed by atoms with E-state index in [1.165, 1.54) is 0 Å². The zero-order chi connectivity index (χ0) is 20.2. The molecule has 0 unspecified atom stereocenters. The van der Waals surface area contributed by atoms with E-state index >= 15 is 0 Å². The molecule has 0 atom stereocenters. The van der Waals surface area contributed by atoms with Gasteiger partial charge in [0.15, 0.2) is 17.7 Å². The van der Waals surface area contributed by atoms with E-state index in [0.29, 0.717) is 18.9 Å². The molecular weight excluding hydrogens is 376 g/mol. The molecule has 1 aliphatic heterocycles. The summed E-state index contributed by atoms with van der Waals surface area (Å²) >= 11 is 0. The molecule has 1 aliphatic rings. The van der Waals surface area contributed by atoms with E-state index in [1.54, 1.807) is 18.6 Å². The Morgan fingerprint density at radius 2 is 1.57 bits per heavy atom. The normalized spacial score (nSPS) is 12.9. The van der Waals surface area contributed by atoms with Crippen molar-refractivity contribution in [3.05, 3.63) is 103 Å². The Bertz CT molecular complexity index is 1080. The Morgan fingerprint density at radius 1 is 0.833 bits per heavy atom. The monoisotopic (exact) mass is 396 g/mol. The zero-order valence-corrected chi connectivity index (χ0v) is 16.3. The summed E-state index contributed by atoms with van der Waals surface area (Å²) in [6.07, 6.45) is 8.57. The number of hydrogen-bond donors (Lipinski definition) is 0. The number of benzene rings is 1. The van der Waals surface area contributed by atoms with E-state index in [4.69, 9.17) is 9.47 Å². The highest BCUT2D eigenvalue weighted by atomic mass is 16.5. The van der Waals surface area contributed by atoms with Gasteiger partial charge in [0.05, 0.1) is 12.2 Å². The minimum absolute atomic E-state index is 0.355. The smallest absolute Gasteiger partial charge is 0.176 e. The summed E-state index contributed by atoms with van der Waals surface area (Å²) in [6, 6.07) is 19.6. The third-order valence-corrected chi connectivity index (χ3v) is 4.95. The largest absolute Gasteiger partial charge is 0.490 e. The number of fused-ring (bicyclic) bond motifs is 1. The highest BCUT2D eigenvalue weighted by Crippen LogP contribution is 2.40. The molecule has 0 radical (unpaired) electrons. The van der Waals surface area contributed by atoms with Crippen LogP contribution in [0.4, 0.5) is 11.5 Å². The first-order chi connectivity index (χ1) is 14.9. The minimum Gasteiger partial charge on any atom is -0.490 e. The summed E-state index contributed by atoms with van der Waals surface area (Å²) in [7, 11) is 0. The number of anilines is 2. The molecule has 6 nitrogen and oxygen atoms in total. The molecule has 0 saturated heterocycles. The van der Waals surface area contributed by atoms with Gasteiger partial charge in [-0.05, 0) is 36.4 Å². The summed E-state index contributed by atoms with van der Waals surface area (Å²) in [4.78, 5) is 15.3. The first kappa shape index (κ1) is 18.1. The highest BCUT2D eigenvalue weighted by Gasteiger charge is 2.25. The summed E-state index contributed by atoms with van der Waals surface area (Å²) < 4.78 is 12.4. The fourth-order valence-corrected chi connectivity index (χ4v) is 3.58. The molecule has 5 rings (SSSR count). The van der Waals surface area contributed by atoms with Crippen LogP contribution >= 0.6 is 0 Å². The second kappa shape index (κ2) is 8.21. The van der Waals surface area contributed by atoms with E-state index in [-0.39, 0.29) is 6.10 Å². The van der Waals surface area contributed by atoms with Gasteiger partial charge in [-0.1, -0.05) is 24.3 Å². The van der Waals surface area contributed by atoms with Crippen LogP contribution in [0, 0.1) is 0 Å². The first-order valence-corrected chi connectivity index (χ1v) is 9.81. The first-order valence-electron chi connectivity index (χ1n) is 9.81. The standard InChI is InChI=1S/C24H20N4O2/c1-2-9-21-20(8-1)28(14-15-29-21)24-22(10-5-13-27-24)30-23(18-6-3-11-25-16-18)19-7-4-12-26-17-19/h1-13,16-17,23H,14-15H2. The molecule has 0 saturated carbocycles. The highest BCUT2D eigenvalue weighted by molar-refractivity contribution is 5.71. The molecule has 0 amide bonds. The maximum absolute atomic E-state index is 6.56. The predicted octanol–water partition coefficient (Wildman–Crippen LogP) is 4.57. The van der Waals surface area contributed by atoms with E-state index in [1.807, 2.05) is 73.1 Å². The SMILES string of the molecule is c1cncc(C(Oc2cccnc2N2CCOc3ccccc32)c2cccnc2)c1. The topological polar surface area (TPSA) is 60.4 Å². The maximum atomic E-state index is 6.56. The van der Waals surface area contributed by atoms with Crippen molar-refractivity contribution in [2.45, 2.75) is 6.10 Å². The van der Waals surface area contributed by atoms with E-state index in [0.717, 1.165) is 28.4 Å². The van der Waals surface area contributed by atoms with Crippen LogP contribution in [0.5, 0.6) is 11.5 Å². The van der Waals surface area contributed by atoms with Crippen LogP contribution in [0.2, 0.25) is 0 Å². The lowest BCUT2D eigenvalue weighted by atomic mass is 10.0. The van der Waals surface area contributed by atoms with Gasteiger partial charge in [0.2, 0.25) is 0 Å². The molecule has 6 heteroatoms. The summed E-state index contributed by atoms with van der Waals surface area (Å²) in [5, 5.41) is 0. The van der Waals surface area contributed by atoms with Gasteiger partial charge in [0.25, 0.3) is 0 Å². The van der Waals surface area contributed by atoms with Crippen LogP contribution in [0.1, 0.15) is 17.2 Å². The summed E-state index contributed by atoms with van der Waals surface area (Å²) in [5.41, 5.74) is 2.87. The zero-order valence-electron chi connectivity index (χ0n) is 16.3. The number of hydrogen-bond acceptors (Lipinski definition) is 6. The number of rotatable bonds is 5. The van der Waals surface area contributed by atoms with Crippen molar-refractivity contribution in [1.82, 2.24) is 15.0 Å². The fourth-order valence-electron chi connectivity index (χ4n) is 3.58. The van der Waals surface area contributed by atoms with Gasteiger partial charge in [-0.15, -0.1) is 0 Å². The van der Waals surface area contributed by atoms with E-state index in [2.05, 4.69) is 19.9 Å². The number of aromatic nitrogens is 3. The van der Waals surface area contributed by atoms with Crippen molar-refractivity contribution in [1.29, 1.82) is 0 Å². The van der Waals surface area contributed by atoms with Crippen molar-refractivity contribution in [3.8, 4) is 11.5 Å². The third kappa shape index (κ3) is 3.55. The van der Waals surface area contributed by atoms with Crippen LogP contribution in [0.25, 0.3) is 0 Å². The number of nitrogens with zero attached hydrogens (tertiary/aromatic N) is 4. The quantitative estimate of drug-likeness (QED) is 0.492. The number of pyridine rings is 3. The molecule has 4 aromatic rings. The summed E-state index contributed by atoms with van der Waals surface area (Å²) in [6.45, 7) is 1.27. The van der Waals surface area contributed by atoms with Crippen LogP contribution < -0.4 is 14.4 Å². The Balaban J connectivity index is 1.55. The number of ether oxygens (including phenoxy) is 2. The molecular formula is C24H20N4O2. The Labute approximate surface area is 174 Å². The molecule has 30 heavy (non-hydrogen) atoms. The van der Waals surface area contributed by atoms with Gasteiger partial charge in [0.1, 0.15) is 12.4 Å². The Morgan fingerprint density at radius 3 is 2.30 bits per heavy atom. The lowest BCUT2D eigenvalue weighted by molar-refractivity contribution is 0.245. The average Bonchev–Trinajstić information content (AvgIpc) is 2.83. The van der Waals surface area contributed by atoms with Gasteiger partial charge in [-0.25, -0.2) is 4.98 Å². The van der Waals surface area contributed by atoms with Gasteiger partial charge in [0, 0.05) is 42.1 Å². The molecule has 0 spiro atoms. The van der Waals surface area contributed by atoms with Crippen molar-refractivity contribution in [3.63, 3.8) is 0 Å². The van der Waals surface area contributed by atoms with Crippen molar-refractivity contribution in [2.24, 2.45) is 0 Å². The van der Waals surface area contributed by atoms with Crippen molar-refractivity contribution in [2.75, 3.05) is 18.1 Å². The summed E-state index contributed by atoms with van der Waals surface area (Å²) in [5.74, 6) is 2.29. The van der Waals surface area contributed by atoms with Crippen LogP contribution in [-0.2, 0) is 0 Å². The second-order valence-electron chi connectivity index (χ2n) is 6.86. The molecule has 4 heterocycles. The molecule has 0 aliphatic carbocycles. The molecule has 1 aromatic carbocycles. The van der Waals surface area contributed by atoms with Gasteiger partial charge in [-0.3, -0.25) is 9.97 Å². The lowest BCUT2D eigenvalue weighted by Gasteiger charge is -2.32. The Kier molecular flexibility index (Phi) is 4.96. The van der Waals surface area contributed by atoms with Crippen LogP contribution in [-0.4, -0.2) is 28.1 Å². The van der Waals surface area contributed by atoms with Crippen molar-refractivity contribution < 1.29 is 9.47 Å². The van der Waals surface area contributed by atoms with Gasteiger partial charge >= 0.3 is 0 Å². The van der Waals surface area contributed by atoms with Gasteiger partial charge in [-0.2, -0.15) is 0 Å².